The summed E-state index contributed by atoms with van der Waals surface area (Å²) in [6.07, 6.45) is -4.05. The Morgan fingerprint density at radius 1 is 1.25 bits per heavy atom. The summed E-state index contributed by atoms with van der Waals surface area (Å²) < 4.78 is 45.8. The molecule has 2 rings (SSSR count). The molecule has 0 bridgehead atoms. The minimum absolute atomic E-state index is 0.0164. The van der Waals surface area contributed by atoms with Crippen LogP contribution < -0.4 is 0 Å². The van der Waals surface area contributed by atoms with Crippen LogP contribution in [0.15, 0.2) is 30.5 Å². The number of amides is 1. The summed E-state index contributed by atoms with van der Waals surface area (Å²) in [6, 6.07) is 7.11. The van der Waals surface area contributed by atoms with Crippen LogP contribution in [0.4, 0.5) is 13.2 Å². The van der Waals surface area contributed by atoms with Gasteiger partial charge in [0.1, 0.15) is 12.1 Å². The van der Waals surface area contributed by atoms with Crippen molar-refractivity contribution in [3.8, 4) is 11.8 Å². The van der Waals surface area contributed by atoms with Crippen molar-refractivity contribution < 1.29 is 27.5 Å². The third-order valence-corrected chi connectivity index (χ3v) is 3.82. The van der Waals surface area contributed by atoms with Gasteiger partial charge in [0.05, 0.1) is 24.6 Å². The van der Waals surface area contributed by atoms with Gasteiger partial charge in [-0.05, 0) is 38.1 Å². The first-order valence-corrected chi connectivity index (χ1v) is 8.33. The molecular formula is C18H17F3N4O3. The molecule has 1 aromatic carbocycles. The molecule has 0 atom stereocenters. The predicted molar refractivity (Wildman–Crippen MR) is 91.7 cm³/mol. The number of nitriles is 1. The summed E-state index contributed by atoms with van der Waals surface area (Å²) >= 11 is 0. The summed E-state index contributed by atoms with van der Waals surface area (Å²) in [4.78, 5) is 25.4. The van der Waals surface area contributed by atoms with Gasteiger partial charge in [0.25, 0.3) is 5.91 Å². The molecule has 2 aromatic rings. The van der Waals surface area contributed by atoms with Crippen molar-refractivity contribution in [3.63, 3.8) is 0 Å². The minimum Gasteiger partial charge on any atom is -0.462 e. The molecule has 0 fully saturated rings. The highest BCUT2D eigenvalue weighted by atomic mass is 19.4. The molecule has 7 nitrogen and oxygen atoms in total. The second kappa shape index (κ2) is 8.56. The zero-order valence-electron chi connectivity index (χ0n) is 15.2. The van der Waals surface area contributed by atoms with Crippen LogP contribution in [-0.2, 0) is 10.9 Å². The van der Waals surface area contributed by atoms with Gasteiger partial charge in [0, 0.05) is 12.1 Å². The molecule has 0 aliphatic carbocycles. The molecule has 0 aliphatic rings. The third-order valence-electron chi connectivity index (χ3n) is 3.82. The highest BCUT2D eigenvalue weighted by Crippen LogP contribution is 2.34. The lowest BCUT2D eigenvalue weighted by Crippen LogP contribution is -2.31. The Labute approximate surface area is 158 Å². The van der Waals surface area contributed by atoms with Crippen LogP contribution in [0.25, 0.3) is 5.69 Å². The van der Waals surface area contributed by atoms with Crippen LogP contribution in [0.3, 0.4) is 0 Å². The molecule has 1 heterocycles. The molecule has 10 heteroatoms. The smallest absolute Gasteiger partial charge is 0.434 e. The van der Waals surface area contributed by atoms with Gasteiger partial charge in [-0.2, -0.15) is 23.5 Å². The number of carbonyl (C=O) groups is 2. The number of nitrogens with zero attached hydrogens (tertiary/aromatic N) is 4. The average Bonchev–Trinajstić information content (AvgIpc) is 3.11. The Morgan fingerprint density at radius 3 is 2.39 bits per heavy atom. The highest BCUT2D eigenvalue weighted by Gasteiger charge is 2.41. The number of esters is 1. The van der Waals surface area contributed by atoms with Gasteiger partial charge in [0.15, 0.2) is 5.69 Å². The number of ether oxygens (including phenoxy) is 1. The topological polar surface area (TPSA) is 88.2 Å². The normalized spacial score (nSPS) is 11.0. The van der Waals surface area contributed by atoms with Crippen molar-refractivity contribution >= 4 is 11.9 Å². The standard InChI is InChI=1S/C18H17F3N4O3/c1-3-24(10-9-22)16(26)12-5-7-13(8-6-12)25-15(18(19,20)21)14(11-23-25)17(27)28-4-2/h5-8,11H,3-4,10H2,1-2H3. The van der Waals surface area contributed by atoms with E-state index in [9.17, 15) is 22.8 Å². The quantitative estimate of drug-likeness (QED) is 0.555. The number of aromatic nitrogens is 2. The fraction of sp³-hybridized carbons (Fsp3) is 0.333. The number of carbonyl (C=O) groups excluding carboxylic acids is 2. The molecule has 0 aliphatic heterocycles. The fourth-order valence-electron chi connectivity index (χ4n) is 2.52. The Kier molecular flexibility index (Phi) is 6.41. The summed E-state index contributed by atoms with van der Waals surface area (Å²) in [5.74, 6) is -1.54. The number of alkyl halides is 3. The Morgan fingerprint density at radius 2 is 1.89 bits per heavy atom. The van der Waals surface area contributed by atoms with Crippen LogP contribution in [0.2, 0.25) is 0 Å². The van der Waals surface area contributed by atoms with E-state index in [2.05, 4.69) is 9.84 Å². The fourth-order valence-corrected chi connectivity index (χ4v) is 2.52. The van der Waals surface area contributed by atoms with Crippen LogP contribution in [0, 0.1) is 11.3 Å². The molecule has 148 valence electrons. The minimum atomic E-state index is -4.85. The molecule has 28 heavy (non-hydrogen) atoms. The Hall–Kier alpha value is -3.35. The monoisotopic (exact) mass is 394 g/mol. The van der Waals surface area contributed by atoms with Crippen molar-refractivity contribution in [2.24, 2.45) is 0 Å². The second-order valence-corrected chi connectivity index (χ2v) is 5.56. The highest BCUT2D eigenvalue weighted by molar-refractivity contribution is 5.94. The van der Waals surface area contributed by atoms with E-state index in [1.807, 2.05) is 6.07 Å². The largest absolute Gasteiger partial charge is 0.462 e. The van der Waals surface area contributed by atoms with Gasteiger partial charge in [-0.15, -0.1) is 0 Å². The van der Waals surface area contributed by atoms with E-state index in [4.69, 9.17) is 5.26 Å². The second-order valence-electron chi connectivity index (χ2n) is 5.56. The summed E-state index contributed by atoms with van der Waals surface area (Å²) in [7, 11) is 0. The lowest BCUT2D eigenvalue weighted by atomic mass is 10.1. The van der Waals surface area contributed by atoms with E-state index in [-0.39, 0.29) is 24.4 Å². The van der Waals surface area contributed by atoms with Crippen LogP contribution in [0.1, 0.15) is 40.3 Å². The van der Waals surface area contributed by atoms with Gasteiger partial charge in [-0.3, -0.25) is 4.79 Å². The van der Waals surface area contributed by atoms with Gasteiger partial charge in [0.2, 0.25) is 0 Å². The molecule has 0 radical (unpaired) electrons. The van der Waals surface area contributed by atoms with Gasteiger partial charge in [-0.25, -0.2) is 9.48 Å². The molecule has 0 saturated heterocycles. The first-order valence-electron chi connectivity index (χ1n) is 8.33. The van der Waals surface area contributed by atoms with Crippen LogP contribution in [0.5, 0.6) is 0 Å². The van der Waals surface area contributed by atoms with E-state index in [1.54, 1.807) is 6.92 Å². The van der Waals surface area contributed by atoms with Gasteiger partial charge >= 0.3 is 12.1 Å². The number of benzene rings is 1. The van der Waals surface area contributed by atoms with E-state index in [0.717, 1.165) is 6.20 Å². The van der Waals surface area contributed by atoms with Crippen molar-refractivity contribution in [1.82, 2.24) is 14.7 Å². The van der Waals surface area contributed by atoms with E-state index >= 15 is 0 Å². The number of halogens is 3. The van der Waals surface area contributed by atoms with Crippen molar-refractivity contribution in [3.05, 3.63) is 47.3 Å². The maximum Gasteiger partial charge on any atom is 0.434 e. The van der Waals surface area contributed by atoms with Crippen LogP contribution >= 0.6 is 0 Å². The lowest BCUT2D eigenvalue weighted by Gasteiger charge is -2.17. The molecule has 1 amide bonds. The number of rotatable bonds is 6. The molecule has 0 saturated carbocycles. The Bertz CT molecular complexity index is 898. The van der Waals surface area contributed by atoms with Crippen molar-refractivity contribution in [2.75, 3.05) is 19.7 Å². The first-order chi connectivity index (χ1) is 13.2. The molecule has 0 N–H and O–H groups in total. The third kappa shape index (κ3) is 4.31. The lowest BCUT2D eigenvalue weighted by molar-refractivity contribution is -0.143. The van der Waals surface area contributed by atoms with Gasteiger partial charge < -0.3 is 9.64 Å². The molecule has 1 aromatic heterocycles. The number of hydrogen-bond donors (Lipinski definition) is 0. The van der Waals surface area contributed by atoms with E-state index in [0.29, 0.717) is 11.2 Å². The maximum atomic E-state index is 13.5. The first kappa shape index (κ1) is 21.0. The summed E-state index contributed by atoms with van der Waals surface area (Å²) in [5.41, 5.74) is -1.72. The Balaban J connectivity index is 2.42. The molecular weight excluding hydrogens is 377 g/mol. The molecule has 0 spiro atoms. The van der Waals surface area contributed by atoms with Gasteiger partial charge in [-0.1, -0.05) is 0 Å². The van der Waals surface area contributed by atoms with E-state index in [1.165, 1.54) is 36.1 Å². The van der Waals surface area contributed by atoms with Crippen LogP contribution in [-0.4, -0.2) is 46.3 Å². The summed E-state index contributed by atoms with van der Waals surface area (Å²) in [6.45, 7) is 3.33. The zero-order chi connectivity index (χ0) is 20.9. The SMILES string of the molecule is CCOC(=O)c1cnn(-c2ccc(C(=O)N(CC)CC#N)cc2)c1C(F)(F)F. The van der Waals surface area contributed by atoms with E-state index < -0.39 is 29.3 Å². The van der Waals surface area contributed by atoms with Crippen molar-refractivity contribution in [1.29, 1.82) is 5.26 Å². The molecule has 0 unspecified atom stereocenters. The zero-order valence-corrected chi connectivity index (χ0v) is 15.2. The summed E-state index contributed by atoms with van der Waals surface area (Å²) in [5, 5.41) is 12.4. The number of hydrogen-bond acceptors (Lipinski definition) is 5. The predicted octanol–water partition coefficient (Wildman–Crippen LogP) is 3.05. The van der Waals surface area contributed by atoms with Crippen molar-refractivity contribution in [2.45, 2.75) is 20.0 Å². The average molecular weight is 394 g/mol. The maximum absolute atomic E-state index is 13.5.